The van der Waals surface area contributed by atoms with Crippen LogP contribution in [0.3, 0.4) is 0 Å². The molecule has 0 amide bonds. The van der Waals surface area contributed by atoms with Crippen LogP contribution in [0.25, 0.3) is 67.3 Å². The van der Waals surface area contributed by atoms with E-state index in [0.717, 1.165) is 50.3 Å². The Morgan fingerprint density at radius 1 is 0.489 bits per heavy atom. The first-order valence-corrected chi connectivity index (χ1v) is 15.7. The second kappa shape index (κ2) is 11.3. The fourth-order valence-corrected chi connectivity index (χ4v) is 6.71. The summed E-state index contributed by atoms with van der Waals surface area (Å²) < 4.78 is 0. The fourth-order valence-electron chi connectivity index (χ4n) is 6.71. The lowest BCUT2D eigenvalue weighted by molar-refractivity contribution is 0.660. The summed E-state index contributed by atoms with van der Waals surface area (Å²) in [5.74, 6) is 0.687. The molecule has 2 aromatic heterocycles. The molecule has 2 heterocycles. The van der Waals surface area contributed by atoms with E-state index in [1.54, 1.807) is 0 Å². The number of hydrogen-bond acceptors (Lipinski definition) is 4. The summed E-state index contributed by atoms with van der Waals surface area (Å²) in [6.07, 6.45) is 3.66. The molecule has 1 aliphatic rings. The molecule has 7 aromatic rings. The second-order valence-corrected chi connectivity index (χ2v) is 12.5. The third kappa shape index (κ3) is 5.09. The van der Waals surface area contributed by atoms with E-state index in [0.29, 0.717) is 11.4 Å². The van der Waals surface area contributed by atoms with E-state index in [2.05, 4.69) is 97.7 Å². The highest BCUT2D eigenvalue weighted by Crippen LogP contribution is 2.50. The second-order valence-electron chi connectivity index (χ2n) is 12.5. The largest absolute Gasteiger partial charge is 0.265 e. The fraction of sp³-hybridized carbons (Fsp3) is 0.0698. The monoisotopic (exact) mass is 602 g/mol. The molecule has 0 saturated carbocycles. The SMILES string of the molecule is CC1(C)c2cc(C#N)ccc2-c2ccc(-c3cc(-c4ccncc4)cc(-c4cc(-c5ccccc5)nc(-c5ccccc5)n4)c3)cc21. The van der Waals surface area contributed by atoms with Crippen LogP contribution in [0.4, 0.5) is 0 Å². The van der Waals surface area contributed by atoms with Crippen molar-refractivity contribution in [2.24, 2.45) is 0 Å². The van der Waals surface area contributed by atoms with Gasteiger partial charge < -0.3 is 0 Å². The van der Waals surface area contributed by atoms with Gasteiger partial charge in [0.1, 0.15) is 0 Å². The van der Waals surface area contributed by atoms with Crippen LogP contribution in [0.5, 0.6) is 0 Å². The number of nitriles is 1. The first-order chi connectivity index (χ1) is 23.0. The third-order valence-corrected chi connectivity index (χ3v) is 9.21. The van der Waals surface area contributed by atoms with Crippen molar-refractivity contribution in [1.29, 1.82) is 5.26 Å². The maximum Gasteiger partial charge on any atom is 0.160 e. The van der Waals surface area contributed by atoms with E-state index in [1.807, 2.05) is 73.1 Å². The molecule has 47 heavy (non-hydrogen) atoms. The summed E-state index contributed by atoms with van der Waals surface area (Å²) in [6, 6.07) is 48.4. The quantitative estimate of drug-likeness (QED) is 0.197. The van der Waals surface area contributed by atoms with Crippen LogP contribution in [-0.4, -0.2) is 15.0 Å². The molecule has 5 aromatic carbocycles. The summed E-state index contributed by atoms with van der Waals surface area (Å²) in [7, 11) is 0. The van der Waals surface area contributed by atoms with Crippen molar-refractivity contribution in [2.75, 3.05) is 0 Å². The Morgan fingerprint density at radius 2 is 1.06 bits per heavy atom. The molecule has 8 rings (SSSR count). The average molecular weight is 603 g/mol. The molecule has 0 bridgehead atoms. The lowest BCUT2D eigenvalue weighted by Gasteiger charge is -2.22. The highest BCUT2D eigenvalue weighted by Gasteiger charge is 2.35. The molecule has 0 atom stereocenters. The zero-order valence-electron chi connectivity index (χ0n) is 26.1. The average Bonchev–Trinajstić information content (AvgIpc) is 3.37. The normalized spacial score (nSPS) is 12.6. The van der Waals surface area contributed by atoms with E-state index in [-0.39, 0.29) is 5.41 Å². The number of aromatic nitrogens is 3. The van der Waals surface area contributed by atoms with Gasteiger partial charge in [0.05, 0.1) is 23.0 Å². The minimum atomic E-state index is -0.235. The Morgan fingerprint density at radius 3 is 1.74 bits per heavy atom. The molecule has 222 valence electrons. The summed E-state index contributed by atoms with van der Waals surface area (Å²) in [5.41, 5.74) is 14.5. The Balaban J connectivity index is 1.32. The molecule has 0 fully saturated rings. The Kier molecular flexibility index (Phi) is 6.82. The van der Waals surface area contributed by atoms with Crippen LogP contribution in [0.2, 0.25) is 0 Å². The van der Waals surface area contributed by atoms with Crippen LogP contribution < -0.4 is 0 Å². The van der Waals surface area contributed by atoms with E-state index in [4.69, 9.17) is 9.97 Å². The van der Waals surface area contributed by atoms with E-state index in [9.17, 15) is 5.26 Å². The Bertz CT molecular complexity index is 2260. The first kappa shape index (κ1) is 28.3. The van der Waals surface area contributed by atoms with E-state index >= 15 is 0 Å². The van der Waals surface area contributed by atoms with Crippen molar-refractivity contribution in [3.05, 3.63) is 163 Å². The number of rotatable bonds is 5. The molecular formula is C43H30N4. The number of hydrogen-bond donors (Lipinski definition) is 0. The van der Waals surface area contributed by atoms with Crippen molar-refractivity contribution in [3.8, 4) is 73.4 Å². The molecule has 0 radical (unpaired) electrons. The van der Waals surface area contributed by atoms with Crippen molar-refractivity contribution in [2.45, 2.75) is 19.3 Å². The van der Waals surface area contributed by atoms with Gasteiger partial charge in [-0.2, -0.15) is 5.26 Å². The molecule has 0 N–H and O–H groups in total. The van der Waals surface area contributed by atoms with Crippen LogP contribution >= 0.6 is 0 Å². The molecule has 1 aliphatic carbocycles. The smallest absolute Gasteiger partial charge is 0.160 e. The van der Waals surface area contributed by atoms with Gasteiger partial charge in [0, 0.05) is 34.5 Å². The molecular weight excluding hydrogens is 573 g/mol. The van der Waals surface area contributed by atoms with Crippen molar-refractivity contribution in [3.63, 3.8) is 0 Å². The summed E-state index contributed by atoms with van der Waals surface area (Å²) in [6.45, 7) is 4.50. The molecule has 4 heteroatoms. The minimum absolute atomic E-state index is 0.235. The van der Waals surface area contributed by atoms with Gasteiger partial charge in [0.15, 0.2) is 5.82 Å². The van der Waals surface area contributed by atoms with Crippen molar-refractivity contribution >= 4 is 0 Å². The van der Waals surface area contributed by atoms with Crippen LogP contribution in [0, 0.1) is 11.3 Å². The van der Waals surface area contributed by atoms with E-state index < -0.39 is 0 Å². The highest BCUT2D eigenvalue weighted by atomic mass is 14.9. The van der Waals surface area contributed by atoms with Gasteiger partial charge in [0.2, 0.25) is 0 Å². The molecule has 0 aliphatic heterocycles. The molecule has 0 unspecified atom stereocenters. The lowest BCUT2D eigenvalue weighted by Crippen LogP contribution is -2.15. The van der Waals surface area contributed by atoms with Gasteiger partial charge >= 0.3 is 0 Å². The summed E-state index contributed by atoms with van der Waals surface area (Å²) in [4.78, 5) is 14.4. The summed E-state index contributed by atoms with van der Waals surface area (Å²) >= 11 is 0. The minimum Gasteiger partial charge on any atom is -0.265 e. The van der Waals surface area contributed by atoms with Crippen LogP contribution in [-0.2, 0) is 5.41 Å². The van der Waals surface area contributed by atoms with Gasteiger partial charge in [-0.05, 0) is 99.1 Å². The molecule has 4 nitrogen and oxygen atoms in total. The van der Waals surface area contributed by atoms with Gasteiger partial charge in [0.25, 0.3) is 0 Å². The highest BCUT2D eigenvalue weighted by molar-refractivity contribution is 5.86. The summed E-state index contributed by atoms with van der Waals surface area (Å²) in [5, 5.41) is 9.59. The molecule has 0 saturated heterocycles. The number of benzene rings is 5. The van der Waals surface area contributed by atoms with Gasteiger partial charge in [-0.15, -0.1) is 0 Å². The number of nitrogens with zero attached hydrogens (tertiary/aromatic N) is 4. The van der Waals surface area contributed by atoms with Crippen molar-refractivity contribution in [1.82, 2.24) is 15.0 Å². The van der Waals surface area contributed by atoms with Crippen LogP contribution in [0.1, 0.15) is 30.5 Å². The Labute approximate surface area is 274 Å². The number of fused-ring (bicyclic) bond motifs is 3. The van der Waals surface area contributed by atoms with Gasteiger partial charge in [-0.1, -0.05) is 92.7 Å². The third-order valence-electron chi connectivity index (χ3n) is 9.21. The van der Waals surface area contributed by atoms with E-state index in [1.165, 1.54) is 22.3 Å². The zero-order valence-corrected chi connectivity index (χ0v) is 26.1. The topological polar surface area (TPSA) is 62.5 Å². The molecule has 0 spiro atoms. The standard InChI is InChI=1S/C43H30N4/c1-43(2)38-21-28(27-44)13-15-36(38)37-16-14-32(25-39(37)43)34-22-33(29-17-19-45-20-18-29)23-35(24-34)41-26-40(30-9-5-3-6-10-30)46-42(47-41)31-11-7-4-8-12-31/h3-26H,1-2H3. The first-order valence-electron chi connectivity index (χ1n) is 15.7. The predicted octanol–water partition coefficient (Wildman–Crippen LogP) is 10.4. The number of pyridine rings is 1. The zero-order chi connectivity index (χ0) is 32.0. The predicted molar refractivity (Wildman–Crippen MR) is 189 cm³/mol. The lowest BCUT2D eigenvalue weighted by atomic mass is 9.81. The Hall–Kier alpha value is -6.18. The van der Waals surface area contributed by atoms with Crippen molar-refractivity contribution < 1.29 is 0 Å². The van der Waals surface area contributed by atoms with Gasteiger partial charge in [-0.3, -0.25) is 4.98 Å². The maximum atomic E-state index is 9.59. The van der Waals surface area contributed by atoms with Crippen LogP contribution in [0.15, 0.2) is 146 Å². The maximum absolute atomic E-state index is 9.59. The van der Waals surface area contributed by atoms with Gasteiger partial charge in [-0.25, -0.2) is 9.97 Å².